The molecule has 3 heteroatoms. The van der Waals surface area contributed by atoms with E-state index in [1.165, 1.54) is 0 Å². The van der Waals surface area contributed by atoms with E-state index in [-0.39, 0.29) is 6.10 Å². The first-order valence-corrected chi connectivity index (χ1v) is 4.87. The van der Waals surface area contributed by atoms with Crippen molar-refractivity contribution in [1.82, 2.24) is 0 Å². The van der Waals surface area contributed by atoms with Crippen LogP contribution in [-0.4, -0.2) is 27.4 Å². The van der Waals surface area contributed by atoms with Gasteiger partial charge in [-0.2, -0.15) is 0 Å². The minimum atomic E-state index is -0.748. The Balaban J connectivity index is 3.16. The third-order valence-electron chi connectivity index (χ3n) is 1.21. The molecule has 0 fully saturated rings. The van der Waals surface area contributed by atoms with E-state index in [0.29, 0.717) is 12.2 Å². The van der Waals surface area contributed by atoms with E-state index in [1.807, 2.05) is 6.92 Å². The van der Waals surface area contributed by atoms with Gasteiger partial charge in [-0.05, 0) is 12.8 Å². The second kappa shape index (κ2) is 4.94. The van der Waals surface area contributed by atoms with E-state index in [0.717, 1.165) is 6.42 Å². The summed E-state index contributed by atoms with van der Waals surface area (Å²) in [6, 6.07) is 0. The first-order valence-electron chi connectivity index (χ1n) is 3.15. The maximum atomic E-state index is 10.5. The van der Waals surface area contributed by atoms with Gasteiger partial charge in [-0.15, -0.1) is 0 Å². The van der Waals surface area contributed by atoms with Crippen molar-refractivity contribution in [3.05, 3.63) is 0 Å². The van der Waals surface area contributed by atoms with E-state index < -0.39 is 10.8 Å². The summed E-state index contributed by atoms with van der Waals surface area (Å²) in [5.41, 5.74) is 0. The highest BCUT2D eigenvalue weighted by Gasteiger charge is 2.00. The Morgan fingerprint density at radius 3 is 2.56 bits per heavy atom. The molecule has 1 N–H and O–H groups in total. The van der Waals surface area contributed by atoms with Gasteiger partial charge in [-0.1, -0.05) is 6.92 Å². The molecule has 0 spiro atoms. The normalized spacial score (nSPS) is 17.2. The molecule has 2 unspecified atom stereocenters. The van der Waals surface area contributed by atoms with Crippen LogP contribution in [-0.2, 0) is 10.8 Å². The number of aliphatic hydroxyl groups excluding tert-OH is 1. The molecule has 0 aliphatic heterocycles. The molecule has 0 aromatic heterocycles. The summed E-state index contributed by atoms with van der Waals surface area (Å²) in [6.07, 6.45) is 2.83. The Morgan fingerprint density at radius 2 is 2.22 bits per heavy atom. The second-order valence-corrected chi connectivity index (χ2v) is 3.68. The minimum Gasteiger partial charge on any atom is -0.393 e. The van der Waals surface area contributed by atoms with E-state index >= 15 is 0 Å². The average molecular weight is 150 g/mol. The molecule has 0 rings (SSSR count). The Bertz CT molecular complexity index is 93.1. The number of hydrogen-bond acceptors (Lipinski definition) is 2. The van der Waals surface area contributed by atoms with Crippen molar-refractivity contribution in [3.8, 4) is 0 Å². The molecule has 0 saturated carbocycles. The maximum Gasteiger partial charge on any atom is 0.0546 e. The third-order valence-corrected chi connectivity index (χ3v) is 2.02. The van der Waals surface area contributed by atoms with Crippen LogP contribution >= 0.6 is 0 Å². The van der Waals surface area contributed by atoms with Crippen molar-refractivity contribution in [1.29, 1.82) is 0 Å². The fourth-order valence-electron chi connectivity index (χ4n) is 0.506. The van der Waals surface area contributed by atoms with Crippen LogP contribution in [0.2, 0.25) is 0 Å². The predicted octanol–water partition coefficient (Wildman–Crippen LogP) is 0.526. The van der Waals surface area contributed by atoms with E-state index in [1.54, 1.807) is 6.26 Å². The van der Waals surface area contributed by atoms with Crippen molar-refractivity contribution in [2.45, 2.75) is 25.9 Å². The van der Waals surface area contributed by atoms with Gasteiger partial charge in [0.05, 0.1) is 6.10 Å². The molecular weight excluding hydrogens is 136 g/mol. The Kier molecular flexibility index (Phi) is 5.00. The van der Waals surface area contributed by atoms with Crippen LogP contribution in [0.3, 0.4) is 0 Å². The smallest absolute Gasteiger partial charge is 0.0546 e. The second-order valence-electron chi connectivity index (χ2n) is 2.13. The summed E-state index contributed by atoms with van der Waals surface area (Å²) in [5.74, 6) is 0.620. The molecule has 0 aliphatic carbocycles. The monoisotopic (exact) mass is 150 g/mol. The van der Waals surface area contributed by atoms with Gasteiger partial charge in [-0.25, -0.2) is 0 Å². The van der Waals surface area contributed by atoms with Crippen LogP contribution in [0.5, 0.6) is 0 Å². The largest absolute Gasteiger partial charge is 0.393 e. The summed E-state index contributed by atoms with van der Waals surface area (Å²) in [7, 11) is -0.748. The van der Waals surface area contributed by atoms with Crippen molar-refractivity contribution >= 4 is 10.8 Å². The highest BCUT2D eigenvalue weighted by Crippen LogP contribution is 1.96. The summed E-state index contributed by atoms with van der Waals surface area (Å²) < 4.78 is 10.5. The van der Waals surface area contributed by atoms with Crippen LogP contribution in [0.4, 0.5) is 0 Å². The van der Waals surface area contributed by atoms with Gasteiger partial charge in [0.15, 0.2) is 0 Å². The SMILES string of the molecule is CCC(O)CCS(C)=O. The number of rotatable bonds is 4. The molecule has 9 heavy (non-hydrogen) atoms. The molecule has 2 atom stereocenters. The van der Waals surface area contributed by atoms with Crippen LogP contribution in [0.1, 0.15) is 19.8 Å². The van der Waals surface area contributed by atoms with Gasteiger partial charge in [-0.3, -0.25) is 4.21 Å². The van der Waals surface area contributed by atoms with Gasteiger partial charge >= 0.3 is 0 Å². The Labute approximate surface area is 58.7 Å². The summed E-state index contributed by atoms with van der Waals surface area (Å²) in [5, 5.41) is 8.97. The molecule has 2 nitrogen and oxygen atoms in total. The summed E-state index contributed by atoms with van der Waals surface area (Å²) in [4.78, 5) is 0. The minimum absolute atomic E-state index is 0.256. The molecular formula is C6H14O2S. The predicted molar refractivity (Wildman–Crippen MR) is 39.8 cm³/mol. The van der Waals surface area contributed by atoms with Gasteiger partial charge in [0.1, 0.15) is 0 Å². The van der Waals surface area contributed by atoms with Gasteiger partial charge in [0, 0.05) is 22.8 Å². The van der Waals surface area contributed by atoms with Gasteiger partial charge < -0.3 is 5.11 Å². The molecule has 0 saturated heterocycles. The molecule has 0 aliphatic rings. The van der Waals surface area contributed by atoms with Crippen LogP contribution in [0.15, 0.2) is 0 Å². The fourth-order valence-corrected chi connectivity index (χ4v) is 1.11. The zero-order valence-electron chi connectivity index (χ0n) is 5.96. The summed E-state index contributed by atoms with van der Waals surface area (Å²) in [6.45, 7) is 1.92. The molecule has 0 radical (unpaired) electrons. The number of hydrogen-bond donors (Lipinski definition) is 1. The van der Waals surface area contributed by atoms with Gasteiger partial charge in [0.2, 0.25) is 0 Å². The van der Waals surface area contributed by atoms with E-state index in [4.69, 9.17) is 5.11 Å². The van der Waals surface area contributed by atoms with Crippen LogP contribution in [0, 0.1) is 0 Å². The lowest BCUT2D eigenvalue weighted by molar-refractivity contribution is 0.167. The quantitative estimate of drug-likeness (QED) is 0.634. The molecule has 0 bridgehead atoms. The van der Waals surface area contributed by atoms with E-state index in [9.17, 15) is 4.21 Å². The average Bonchev–Trinajstić information content (AvgIpc) is 1.83. The fraction of sp³-hybridized carbons (Fsp3) is 1.00. The first-order chi connectivity index (χ1) is 4.16. The van der Waals surface area contributed by atoms with Crippen LogP contribution in [0.25, 0.3) is 0 Å². The third kappa shape index (κ3) is 5.99. The maximum absolute atomic E-state index is 10.5. The molecule has 0 aromatic rings. The van der Waals surface area contributed by atoms with Crippen molar-refractivity contribution in [2.75, 3.05) is 12.0 Å². The molecule has 0 amide bonds. The van der Waals surface area contributed by atoms with E-state index in [2.05, 4.69) is 0 Å². The Morgan fingerprint density at radius 1 is 1.67 bits per heavy atom. The number of aliphatic hydroxyl groups is 1. The zero-order chi connectivity index (χ0) is 7.28. The molecule has 0 heterocycles. The summed E-state index contributed by atoms with van der Waals surface area (Å²) >= 11 is 0. The lowest BCUT2D eigenvalue weighted by Gasteiger charge is -2.03. The highest BCUT2D eigenvalue weighted by atomic mass is 32.2. The Hall–Kier alpha value is 0.110. The molecule has 56 valence electrons. The highest BCUT2D eigenvalue weighted by molar-refractivity contribution is 7.84. The molecule has 0 aromatic carbocycles. The first kappa shape index (κ1) is 9.11. The topological polar surface area (TPSA) is 37.3 Å². The van der Waals surface area contributed by atoms with Crippen LogP contribution < -0.4 is 0 Å². The lowest BCUT2D eigenvalue weighted by atomic mass is 10.2. The van der Waals surface area contributed by atoms with Crippen molar-refractivity contribution < 1.29 is 9.32 Å². The lowest BCUT2D eigenvalue weighted by Crippen LogP contribution is -2.08. The van der Waals surface area contributed by atoms with Crippen molar-refractivity contribution in [3.63, 3.8) is 0 Å². The zero-order valence-corrected chi connectivity index (χ0v) is 6.78. The van der Waals surface area contributed by atoms with Gasteiger partial charge in [0.25, 0.3) is 0 Å². The van der Waals surface area contributed by atoms with Crippen molar-refractivity contribution in [2.24, 2.45) is 0 Å². The standard InChI is InChI=1S/C6H14O2S/c1-3-6(7)4-5-9(2)8/h6-7H,3-5H2,1-2H3.